The molecule has 2 aliphatic rings. The monoisotopic (exact) mass is 515 g/mol. The zero-order chi connectivity index (χ0) is 25.7. The highest BCUT2D eigenvalue weighted by molar-refractivity contribution is 6.30. The summed E-state index contributed by atoms with van der Waals surface area (Å²) in [5.74, 6) is 0.953. The molecule has 4 rings (SSSR count). The minimum absolute atomic E-state index is 0.119. The van der Waals surface area contributed by atoms with Gasteiger partial charge >= 0.3 is 0 Å². The van der Waals surface area contributed by atoms with E-state index >= 15 is 0 Å². The number of benzene rings is 1. The lowest BCUT2D eigenvalue weighted by Gasteiger charge is -2.43. The number of carbonyl (C=O) groups excluding carboxylic acids is 2. The second-order valence-electron chi connectivity index (χ2n) is 10.4. The van der Waals surface area contributed by atoms with Crippen molar-refractivity contribution in [2.24, 2.45) is 5.41 Å². The Balaban J connectivity index is 1.46. The summed E-state index contributed by atoms with van der Waals surface area (Å²) in [5, 5.41) is 7.86. The fraction of sp³-hybridized carbons (Fsp3) is 0.593. The molecule has 0 saturated carbocycles. The third-order valence-electron chi connectivity index (χ3n) is 7.61. The summed E-state index contributed by atoms with van der Waals surface area (Å²) in [6, 6.07) is 7.34. The molecule has 2 aliphatic heterocycles. The minimum Gasteiger partial charge on any atom is -0.493 e. The van der Waals surface area contributed by atoms with Gasteiger partial charge in [0, 0.05) is 68.2 Å². The Hall–Kier alpha value is -2.58. The summed E-state index contributed by atoms with van der Waals surface area (Å²) >= 11 is 6.16. The summed E-state index contributed by atoms with van der Waals surface area (Å²) in [7, 11) is 2.08. The molecule has 0 bridgehead atoms. The van der Waals surface area contributed by atoms with Crippen LogP contribution in [0.4, 0.5) is 0 Å². The largest absolute Gasteiger partial charge is 0.493 e. The van der Waals surface area contributed by atoms with Crippen LogP contribution in [-0.2, 0) is 16.0 Å². The first kappa shape index (κ1) is 26.5. The number of aromatic nitrogens is 2. The molecule has 2 amide bonds. The van der Waals surface area contributed by atoms with E-state index in [1.807, 2.05) is 41.8 Å². The van der Waals surface area contributed by atoms with Crippen LogP contribution in [0.2, 0.25) is 5.02 Å². The number of nitrogens with one attached hydrogen (secondary N) is 1. The molecule has 1 unspecified atom stereocenters. The Bertz CT molecular complexity index is 1050. The first-order chi connectivity index (χ1) is 17.2. The fourth-order valence-corrected chi connectivity index (χ4v) is 5.53. The molecule has 9 heteroatoms. The number of likely N-dealkylation sites (tertiary alicyclic amines) is 1. The van der Waals surface area contributed by atoms with Gasteiger partial charge in [0.1, 0.15) is 5.75 Å². The first-order valence-electron chi connectivity index (χ1n) is 12.9. The molecule has 1 aromatic carbocycles. The Morgan fingerprint density at radius 1 is 1.11 bits per heavy atom. The van der Waals surface area contributed by atoms with E-state index in [1.165, 1.54) is 0 Å². The van der Waals surface area contributed by atoms with Gasteiger partial charge in [0.25, 0.3) is 0 Å². The van der Waals surface area contributed by atoms with Gasteiger partial charge in [-0.15, -0.1) is 0 Å². The second kappa shape index (κ2) is 11.6. The number of rotatable bonds is 8. The minimum atomic E-state index is -0.432. The number of halogens is 1. The number of hydrogen-bond acceptors (Lipinski definition) is 5. The summed E-state index contributed by atoms with van der Waals surface area (Å²) in [5.41, 5.74) is 2.64. The number of aryl methyl sites for hydroxylation is 2. The zero-order valence-corrected chi connectivity index (χ0v) is 22.4. The van der Waals surface area contributed by atoms with Gasteiger partial charge in [-0.1, -0.05) is 17.7 Å². The summed E-state index contributed by atoms with van der Waals surface area (Å²) in [4.78, 5) is 32.8. The van der Waals surface area contributed by atoms with Crippen LogP contribution in [0.5, 0.6) is 5.75 Å². The van der Waals surface area contributed by atoms with E-state index in [9.17, 15) is 9.59 Å². The standard InChI is InChI=1S/C27H38ClN5O3/c1-20-24(21(2)30-29-20)8-9-25(34)33-11-5-10-27(18-33,19-36-23-7-4-6-22(28)16-23)17-26(35)32-14-12-31(3)13-15-32/h4,6-7,16H,5,8-15,17-19H2,1-3H3,(H,29,30). The van der Waals surface area contributed by atoms with Crippen molar-refractivity contribution < 1.29 is 14.3 Å². The Morgan fingerprint density at radius 2 is 1.89 bits per heavy atom. The SMILES string of the molecule is Cc1n[nH]c(C)c1CCC(=O)N1CCCC(COc2cccc(Cl)c2)(CC(=O)N2CCN(C)CC2)C1. The van der Waals surface area contributed by atoms with E-state index in [4.69, 9.17) is 16.3 Å². The first-order valence-corrected chi connectivity index (χ1v) is 13.3. The zero-order valence-electron chi connectivity index (χ0n) is 21.7. The second-order valence-corrected chi connectivity index (χ2v) is 10.9. The van der Waals surface area contributed by atoms with Crippen molar-refractivity contribution in [2.45, 2.75) is 46.0 Å². The number of nitrogens with zero attached hydrogens (tertiary/aromatic N) is 4. The molecule has 196 valence electrons. The van der Waals surface area contributed by atoms with Crippen molar-refractivity contribution in [3.8, 4) is 5.75 Å². The Labute approximate surface area is 218 Å². The van der Waals surface area contributed by atoms with E-state index < -0.39 is 5.41 Å². The molecule has 1 aromatic heterocycles. The molecule has 2 saturated heterocycles. The number of piperazine rings is 1. The highest BCUT2D eigenvalue weighted by atomic mass is 35.5. The number of likely N-dealkylation sites (N-methyl/N-ethyl adjacent to an activating group) is 1. The average molecular weight is 516 g/mol. The normalized spacial score (nSPS) is 21.0. The van der Waals surface area contributed by atoms with Crippen LogP contribution in [0.3, 0.4) is 0 Å². The molecule has 2 aromatic rings. The predicted molar refractivity (Wildman–Crippen MR) is 140 cm³/mol. The number of carbonyl (C=O) groups is 2. The average Bonchev–Trinajstić information content (AvgIpc) is 3.18. The molecule has 3 heterocycles. The van der Waals surface area contributed by atoms with Gasteiger partial charge in [0.05, 0.1) is 12.3 Å². The Morgan fingerprint density at radius 3 is 2.58 bits per heavy atom. The van der Waals surface area contributed by atoms with E-state index in [2.05, 4.69) is 22.1 Å². The van der Waals surface area contributed by atoms with Crippen LogP contribution in [0, 0.1) is 19.3 Å². The number of H-pyrrole nitrogens is 1. The van der Waals surface area contributed by atoms with Gasteiger partial charge in [-0.25, -0.2) is 0 Å². The smallest absolute Gasteiger partial charge is 0.223 e. The molecule has 8 nitrogen and oxygen atoms in total. The number of ether oxygens (including phenoxy) is 1. The summed E-state index contributed by atoms with van der Waals surface area (Å²) in [6.45, 7) is 8.81. The third-order valence-corrected chi connectivity index (χ3v) is 7.84. The molecular formula is C27H38ClN5O3. The van der Waals surface area contributed by atoms with E-state index in [0.29, 0.717) is 49.7 Å². The molecular weight excluding hydrogens is 478 g/mol. The summed E-state index contributed by atoms with van der Waals surface area (Å²) < 4.78 is 6.20. The van der Waals surface area contributed by atoms with E-state index in [-0.39, 0.29) is 11.8 Å². The van der Waals surface area contributed by atoms with E-state index in [0.717, 1.165) is 56.0 Å². The van der Waals surface area contributed by atoms with Crippen LogP contribution in [0.25, 0.3) is 0 Å². The number of amides is 2. The van der Waals surface area contributed by atoms with Gasteiger partial charge in [0.15, 0.2) is 0 Å². The van der Waals surface area contributed by atoms with Gasteiger partial charge in [-0.05, 0) is 63.9 Å². The lowest BCUT2D eigenvalue weighted by Crippen LogP contribution is -2.53. The molecule has 36 heavy (non-hydrogen) atoms. The quantitative estimate of drug-likeness (QED) is 0.582. The van der Waals surface area contributed by atoms with Crippen molar-refractivity contribution >= 4 is 23.4 Å². The summed E-state index contributed by atoms with van der Waals surface area (Å²) in [6.07, 6.45) is 3.16. The number of hydrogen-bond donors (Lipinski definition) is 1. The molecule has 0 spiro atoms. The van der Waals surface area contributed by atoms with Crippen molar-refractivity contribution in [2.75, 3.05) is 52.9 Å². The van der Waals surface area contributed by atoms with Crippen LogP contribution in [0.15, 0.2) is 24.3 Å². The van der Waals surface area contributed by atoms with E-state index in [1.54, 1.807) is 6.07 Å². The lowest BCUT2D eigenvalue weighted by molar-refractivity contribution is -0.142. The van der Waals surface area contributed by atoms with Crippen LogP contribution < -0.4 is 4.74 Å². The maximum absolute atomic E-state index is 13.4. The molecule has 0 aliphatic carbocycles. The van der Waals surface area contributed by atoms with Crippen molar-refractivity contribution in [1.29, 1.82) is 0 Å². The van der Waals surface area contributed by atoms with Crippen molar-refractivity contribution in [1.82, 2.24) is 24.9 Å². The van der Waals surface area contributed by atoms with Gasteiger partial charge in [-0.3, -0.25) is 14.7 Å². The highest BCUT2D eigenvalue weighted by Crippen LogP contribution is 2.36. The van der Waals surface area contributed by atoms with Crippen LogP contribution in [0.1, 0.15) is 42.6 Å². The molecule has 1 N–H and O–H groups in total. The molecule has 2 fully saturated rings. The molecule has 0 radical (unpaired) electrons. The maximum atomic E-state index is 13.4. The van der Waals surface area contributed by atoms with Gasteiger partial charge < -0.3 is 19.4 Å². The van der Waals surface area contributed by atoms with Crippen LogP contribution in [-0.4, -0.2) is 89.6 Å². The van der Waals surface area contributed by atoms with Crippen LogP contribution >= 0.6 is 11.6 Å². The maximum Gasteiger partial charge on any atom is 0.223 e. The fourth-order valence-electron chi connectivity index (χ4n) is 5.35. The van der Waals surface area contributed by atoms with Crippen molar-refractivity contribution in [3.05, 3.63) is 46.2 Å². The third kappa shape index (κ3) is 6.59. The number of aromatic amines is 1. The highest BCUT2D eigenvalue weighted by Gasteiger charge is 2.41. The van der Waals surface area contributed by atoms with Crippen molar-refractivity contribution in [3.63, 3.8) is 0 Å². The lowest BCUT2D eigenvalue weighted by atomic mass is 9.77. The topological polar surface area (TPSA) is 81.8 Å². The van der Waals surface area contributed by atoms with Gasteiger partial charge in [-0.2, -0.15) is 5.10 Å². The van der Waals surface area contributed by atoms with Gasteiger partial charge in [0.2, 0.25) is 11.8 Å². The predicted octanol–water partition coefficient (Wildman–Crippen LogP) is 3.46. The molecule has 1 atom stereocenters. The number of piperidine rings is 1. The Kier molecular flexibility index (Phi) is 8.57.